The Balaban J connectivity index is 1.55. The lowest BCUT2D eigenvalue weighted by atomic mass is 10.0. The Hall–Kier alpha value is -2.63. The van der Waals surface area contributed by atoms with Gasteiger partial charge in [0, 0.05) is 17.6 Å². The second kappa shape index (κ2) is 9.02. The van der Waals surface area contributed by atoms with Crippen LogP contribution < -0.4 is 10.7 Å². The van der Waals surface area contributed by atoms with Gasteiger partial charge in [-0.2, -0.15) is 0 Å². The largest absolute Gasteiger partial charge is 0.451 e. The average Bonchev–Trinajstić information content (AvgIpc) is 2.76. The van der Waals surface area contributed by atoms with E-state index in [2.05, 4.69) is 41.4 Å². The zero-order chi connectivity index (χ0) is 21.1. The van der Waals surface area contributed by atoms with E-state index in [0.717, 1.165) is 13.1 Å². The smallest absolute Gasteiger partial charge is 0.287 e. The van der Waals surface area contributed by atoms with Gasteiger partial charge in [0.15, 0.2) is 11.2 Å². The van der Waals surface area contributed by atoms with Crippen LogP contribution in [0.3, 0.4) is 0 Å². The predicted octanol–water partition coefficient (Wildman–Crippen LogP) is 4.71. The molecule has 1 fully saturated rings. The topological polar surface area (TPSA) is 62.6 Å². The number of fused-ring (bicyclic) bond motifs is 1. The Morgan fingerprint density at radius 3 is 2.57 bits per heavy atom. The van der Waals surface area contributed by atoms with E-state index in [4.69, 9.17) is 16.0 Å². The van der Waals surface area contributed by atoms with Crippen LogP contribution in [0.1, 0.15) is 47.0 Å². The summed E-state index contributed by atoms with van der Waals surface area (Å²) in [5.41, 5.74) is 2.45. The molecule has 30 heavy (non-hydrogen) atoms. The zero-order valence-corrected chi connectivity index (χ0v) is 17.7. The number of nitrogens with one attached hydrogen (secondary N) is 1. The molecule has 6 heteroatoms. The van der Waals surface area contributed by atoms with Crippen LogP contribution >= 0.6 is 11.6 Å². The van der Waals surface area contributed by atoms with E-state index < -0.39 is 5.91 Å². The molecule has 1 saturated heterocycles. The second-order valence-corrected chi connectivity index (χ2v) is 8.28. The molecule has 1 aliphatic heterocycles. The quantitative estimate of drug-likeness (QED) is 0.644. The maximum absolute atomic E-state index is 12.8. The normalized spacial score (nSPS) is 15.8. The Kier molecular flexibility index (Phi) is 6.21. The van der Waals surface area contributed by atoms with Crippen molar-refractivity contribution < 1.29 is 9.21 Å². The molecule has 3 aromatic rings. The van der Waals surface area contributed by atoms with Crippen LogP contribution in [-0.2, 0) is 0 Å². The first-order chi connectivity index (χ1) is 14.5. The number of nitrogens with zero attached hydrogens (tertiary/aromatic N) is 1. The molecule has 2 heterocycles. The first kappa shape index (κ1) is 20.6. The van der Waals surface area contributed by atoms with Gasteiger partial charge in [-0.25, -0.2) is 0 Å². The van der Waals surface area contributed by atoms with Gasteiger partial charge in [0.25, 0.3) is 5.91 Å². The van der Waals surface area contributed by atoms with Crippen molar-refractivity contribution in [3.8, 4) is 0 Å². The van der Waals surface area contributed by atoms with E-state index in [9.17, 15) is 9.59 Å². The summed E-state index contributed by atoms with van der Waals surface area (Å²) in [6.07, 6.45) is 3.58. The van der Waals surface area contributed by atoms with Gasteiger partial charge in [0.2, 0.25) is 0 Å². The van der Waals surface area contributed by atoms with Crippen LogP contribution in [0.2, 0.25) is 5.02 Å². The van der Waals surface area contributed by atoms with Gasteiger partial charge >= 0.3 is 0 Å². The molecule has 0 saturated carbocycles. The van der Waals surface area contributed by atoms with Gasteiger partial charge in [-0.05, 0) is 56.6 Å². The molecule has 2 aromatic carbocycles. The maximum atomic E-state index is 12.8. The SMILES string of the molecule is Cc1ccc(C(CNC(=O)c2cc(=O)c3cc(Cl)ccc3o2)N2CCCCC2)cc1. The van der Waals surface area contributed by atoms with E-state index in [1.54, 1.807) is 18.2 Å². The summed E-state index contributed by atoms with van der Waals surface area (Å²) >= 11 is 5.95. The number of carbonyl (C=O) groups is 1. The van der Waals surface area contributed by atoms with Crippen molar-refractivity contribution in [3.63, 3.8) is 0 Å². The molecular formula is C24H25ClN2O3. The van der Waals surface area contributed by atoms with E-state index in [0.29, 0.717) is 22.5 Å². The van der Waals surface area contributed by atoms with Crippen molar-refractivity contribution in [1.82, 2.24) is 10.2 Å². The summed E-state index contributed by atoms with van der Waals surface area (Å²) in [7, 11) is 0. The Morgan fingerprint density at radius 1 is 1.10 bits per heavy atom. The number of carbonyl (C=O) groups excluding carboxylic acids is 1. The number of hydrogen-bond donors (Lipinski definition) is 1. The summed E-state index contributed by atoms with van der Waals surface area (Å²) in [5.74, 6) is -0.380. The molecule has 0 aliphatic carbocycles. The zero-order valence-electron chi connectivity index (χ0n) is 17.0. The lowest BCUT2D eigenvalue weighted by Crippen LogP contribution is -2.40. The van der Waals surface area contributed by atoms with E-state index in [1.807, 2.05) is 0 Å². The Bertz CT molecular complexity index is 1100. The molecule has 1 N–H and O–H groups in total. The van der Waals surface area contributed by atoms with Crippen molar-refractivity contribution >= 4 is 28.5 Å². The molecule has 0 radical (unpaired) electrons. The van der Waals surface area contributed by atoms with Crippen molar-refractivity contribution in [2.75, 3.05) is 19.6 Å². The first-order valence-electron chi connectivity index (χ1n) is 10.3. The molecule has 5 nitrogen and oxygen atoms in total. The summed E-state index contributed by atoms with van der Waals surface area (Å²) < 4.78 is 5.67. The van der Waals surface area contributed by atoms with E-state index in [1.165, 1.54) is 36.5 Å². The number of hydrogen-bond acceptors (Lipinski definition) is 4. The minimum absolute atomic E-state index is 0.0103. The average molecular weight is 425 g/mol. The standard InChI is InChI=1S/C24H25ClN2O3/c1-16-5-7-17(8-6-16)20(27-11-3-2-4-12-27)15-26-24(29)23-14-21(28)19-13-18(25)9-10-22(19)30-23/h5-10,13-14,20H,2-4,11-12,15H2,1H3,(H,26,29). The van der Waals surface area contributed by atoms with E-state index in [-0.39, 0.29) is 17.2 Å². The third-order valence-electron chi connectivity index (χ3n) is 5.66. The molecule has 1 unspecified atom stereocenters. The van der Waals surface area contributed by atoms with Crippen LogP contribution in [-0.4, -0.2) is 30.4 Å². The summed E-state index contributed by atoms with van der Waals surface area (Å²) in [6, 6.07) is 14.6. The third kappa shape index (κ3) is 4.58. The lowest BCUT2D eigenvalue weighted by molar-refractivity contribution is 0.0897. The maximum Gasteiger partial charge on any atom is 0.287 e. The fraction of sp³-hybridized carbons (Fsp3) is 0.333. The van der Waals surface area contributed by atoms with Gasteiger partial charge in [0.05, 0.1) is 11.4 Å². The van der Waals surface area contributed by atoms with E-state index >= 15 is 0 Å². The fourth-order valence-corrected chi connectivity index (χ4v) is 4.17. The monoisotopic (exact) mass is 424 g/mol. The number of amides is 1. The fourth-order valence-electron chi connectivity index (χ4n) is 3.99. The first-order valence-corrected chi connectivity index (χ1v) is 10.7. The van der Waals surface area contributed by atoms with Crippen LogP contribution in [0.4, 0.5) is 0 Å². The predicted molar refractivity (Wildman–Crippen MR) is 119 cm³/mol. The van der Waals surface area contributed by atoms with Gasteiger partial charge in [-0.3, -0.25) is 14.5 Å². The highest BCUT2D eigenvalue weighted by molar-refractivity contribution is 6.31. The molecule has 4 rings (SSSR count). The molecular weight excluding hydrogens is 400 g/mol. The molecule has 0 spiro atoms. The second-order valence-electron chi connectivity index (χ2n) is 7.85. The molecule has 0 bridgehead atoms. The summed E-state index contributed by atoms with van der Waals surface area (Å²) in [5, 5.41) is 3.79. The van der Waals surface area contributed by atoms with Crippen LogP contribution in [0.15, 0.2) is 57.7 Å². The van der Waals surface area contributed by atoms with Crippen molar-refractivity contribution in [3.05, 3.63) is 80.7 Å². The number of benzene rings is 2. The highest BCUT2D eigenvalue weighted by Gasteiger charge is 2.23. The van der Waals surface area contributed by atoms with Gasteiger partial charge in [0.1, 0.15) is 5.58 Å². The number of piperidine rings is 1. The Labute approximate surface area is 180 Å². The third-order valence-corrected chi connectivity index (χ3v) is 5.90. The van der Waals surface area contributed by atoms with Crippen LogP contribution in [0.25, 0.3) is 11.0 Å². The summed E-state index contributed by atoms with van der Waals surface area (Å²) in [6.45, 7) is 4.54. The molecule has 156 valence electrons. The van der Waals surface area contributed by atoms with Crippen molar-refractivity contribution in [2.45, 2.75) is 32.2 Å². The minimum Gasteiger partial charge on any atom is -0.451 e. The highest BCUT2D eigenvalue weighted by Crippen LogP contribution is 2.25. The molecule has 1 aromatic heterocycles. The van der Waals surface area contributed by atoms with Crippen molar-refractivity contribution in [1.29, 1.82) is 0 Å². The number of aryl methyl sites for hydroxylation is 1. The number of halogens is 1. The number of likely N-dealkylation sites (tertiary alicyclic amines) is 1. The number of rotatable bonds is 5. The molecule has 1 atom stereocenters. The lowest BCUT2D eigenvalue weighted by Gasteiger charge is -2.35. The minimum atomic E-state index is -0.391. The molecule has 1 amide bonds. The molecule has 1 aliphatic rings. The van der Waals surface area contributed by atoms with Gasteiger partial charge in [-0.15, -0.1) is 0 Å². The van der Waals surface area contributed by atoms with Crippen molar-refractivity contribution in [2.24, 2.45) is 0 Å². The van der Waals surface area contributed by atoms with Crippen LogP contribution in [0.5, 0.6) is 0 Å². The van der Waals surface area contributed by atoms with Gasteiger partial charge < -0.3 is 9.73 Å². The highest BCUT2D eigenvalue weighted by atomic mass is 35.5. The Morgan fingerprint density at radius 2 is 1.83 bits per heavy atom. The van der Waals surface area contributed by atoms with Gasteiger partial charge in [-0.1, -0.05) is 47.9 Å². The summed E-state index contributed by atoms with van der Waals surface area (Å²) in [4.78, 5) is 27.6. The van der Waals surface area contributed by atoms with Crippen LogP contribution in [0, 0.1) is 6.92 Å².